The van der Waals surface area contributed by atoms with E-state index in [1.165, 1.54) is 21.5 Å². The van der Waals surface area contributed by atoms with Crippen molar-refractivity contribution in [1.29, 1.82) is 0 Å². The predicted octanol–water partition coefficient (Wildman–Crippen LogP) is 2.21. The van der Waals surface area contributed by atoms with Crippen molar-refractivity contribution in [3.63, 3.8) is 0 Å². The van der Waals surface area contributed by atoms with E-state index in [-0.39, 0.29) is 37.5 Å². The van der Waals surface area contributed by atoms with Crippen LogP contribution in [0.5, 0.6) is 0 Å². The molecule has 0 radical (unpaired) electrons. The van der Waals surface area contributed by atoms with Gasteiger partial charge in [0.2, 0.25) is 0 Å². The lowest BCUT2D eigenvalue weighted by Crippen LogP contribution is -2.61. The number of hydrogen-bond donors (Lipinski definition) is 1. The fourth-order valence-electron chi connectivity index (χ4n) is 5.60. The molecular weight excluding hydrogens is 516 g/mol. The summed E-state index contributed by atoms with van der Waals surface area (Å²) in [6, 6.07) is -0.811. The molecule has 3 heterocycles. The quantitative estimate of drug-likeness (QED) is 0.559. The number of aromatic carboxylic acids is 1. The zero-order chi connectivity index (χ0) is 28.6. The number of ether oxygens (including phenoxy) is 2. The normalized spacial score (nSPS) is 22.8. The molecule has 0 spiro atoms. The molecule has 3 aliphatic rings. The second-order valence-electron chi connectivity index (χ2n) is 12.5. The van der Waals surface area contributed by atoms with Crippen LogP contribution in [0.25, 0.3) is 0 Å². The lowest BCUT2D eigenvalue weighted by atomic mass is 10.0. The molecule has 0 aromatic carbocycles. The number of nitrogens with zero attached hydrogens (tertiary/aromatic N) is 4. The molecule has 2 amide bonds. The maximum absolute atomic E-state index is 14.3. The van der Waals surface area contributed by atoms with Gasteiger partial charge < -0.3 is 19.5 Å². The summed E-state index contributed by atoms with van der Waals surface area (Å²) in [6.07, 6.45) is 0.379. The average Bonchev–Trinajstić information content (AvgIpc) is 3.36. The number of fused-ring (bicyclic) bond motifs is 1. The number of carboxylic acids is 1. The van der Waals surface area contributed by atoms with Crippen molar-refractivity contribution in [2.45, 2.75) is 94.6 Å². The maximum Gasteiger partial charge on any atom is 0.412 e. The van der Waals surface area contributed by atoms with Gasteiger partial charge in [0.1, 0.15) is 17.0 Å². The highest BCUT2D eigenvalue weighted by molar-refractivity contribution is 7.94. The second-order valence-corrected chi connectivity index (χ2v) is 15.4. The molecule has 1 N–H and O–H groups in total. The van der Waals surface area contributed by atoms with Crippen LogP contribution in [0.2, 0.25) is 0 Å². The minimum atomic E-state index is -3.93. The van der Waals surface area contributed by atoms with Crippen LogP contribution < -0.4 is 0 Å². The topological polar surface area (TPSA) is 148 Å². The molecule has 13 heteroatoms. The van der Waals surface area contributed by atoms with Gasteiger partial charge >= 0.3 is 12.1 Å². The number of carbonyl (C=O) groups excluding carboxylic acids is 2. The third kappa shape index (κ3) is 4.37. The monoisotopic (exact) mass is 554 g/mol. The van der Waals surface area contributed by atoms with Crippen LogP contribution in [-0.2, 0) is 32.8 Å². The molecular formula is C25H38N4O8S. The van der Waals surface area contributed by atoms with Crippen LogP contribution in [0.15, 0.2) is 0 Å². The maximum atomic E-state index is 14.3. The van der Waals surface area contributed by atoms with Crippen LogP contribution in [-0.4, -0.2) is 97.6 Å². The summed E-state index contributed by atoms with van der Waals surface area (Å²) in [5.41, 5.74) is -1.47. The van der Waals surface area contributed by atoms with E-state index < -0.39 is 54.7 Å². The summed E-state index contributed by atoms with van der Waals surface area (Å²) in [5, 5.41) is 13.4. The number of aryl methyl sites for hydroxylation is 1. The van der Waals surface area contributed by atoms with Gasteiger partial charge in [0.05, 0.1) is 22.1 Å². The van der Waals surface area contributed by atoms with Crippen molar-refractivity contribution in [3.05, 3.63) is 17.0 Å². The van der Waals surface area contributed by atoms with E-state index in [1.54, 1.807) is 48.5 Å². The van der Waals surface area contributed by atoms with Gasteiger partial charge in [-0.3, -0.25) is 14.4 Å². The van der Waals surface area contributed by atoms with Crippen molar-refractivity contribution in [2.75, 3.05) is 19.7 Å². The van der Waals surface area contributed by atoms with Gasteiger partial charge in [0, 0.05) is 25.7 Å². The van der Waals surface area contributed by atoms with Gasteiger partial charge in [-0.25, -0.2) is 18.0 Å². The van der Waals surface area contributed by atoms with Crippen molar-refractivity contribution in [2.24, 2.45) is 7.05 Å². The van der Waals surface area contributed by atoms with Gasteiger partial charge in [-0.2, -0.15) is 5.10 Å². The zero-order valence-electron chi connectivity index (χ0n) is 23.3. The molecule has 0 unspecified atom stereocenters. The van der Waals surface area contributed by atoms with Crippen LogP contribution >= 0.6 is 0 Å². The number of carboxylic acid groups (broad SMARTS) is 1. The Morgan fingerprint density at radius 1 is 1.18 bits per heavy atom. The van der Waals surface area contributed by atoms with Gasteiger partial charge in [0.25, 0.3) is 5.91 Å². The Bertz CT molecular complexity index is 1290. The molecule has 12 nitrogen and oxygen atoms in total. The van der Waals surface area contributed by atoms with E-state index in [2.05, 4.69) is 5.10 Å². The average molecular weight is 555 g/mol. The van der Waals surface area contributed by atoms with E-state index in [4.69, 9.17) is 9.47 Å². The highest BCUT2D eigenvalue weighted by Crippen LogP contribution is 2.52. The molecule has 38 heavy (non-hydrogen) atoms. The number of sulfone groups is 1. The van der Waals surface area contributed by atoms with Crippen molar-refractivity contribution in [3.8, 4) is 0 Å². The lowest BCUT2D eigenvalue weighted by molar-refractivity contribution is -0.0634. The first kappa shape index (κ1) is 28.3. The highest BCUT2D eigenvalue weighted by Gasteiger charge is 2.65. The number of rotatable bonds is 6. The van der Waals surface area contributed by atoms with E-state index in [9.17, 15) is 27.9 Å². The minimum absolute atomic E-state index is 0.0198. The largest absolute Gasteiger partial charge is 0.476 e. The van der Waals surface area contributed by atoms with Gasteiger partial charge in [0.15, 0.2) is 15.5 Å². The first-order valence-electron chi connectivity index (χ1n) is 12.7. The van der Waals surface area contributed by atoms with E-state index in [0.717, 1.165) is 0 Å². The van der Waals surface area contributed by atoms with E-state index >= 15 is 0 Å². The number of amides is 2. The minimum Gasteiger partial charge on any atom is -0.476 e. The third-order valence-electron chi connectivity index (χ3n) is 7.90. The Hall–Kier alpha value is -2.67. The Morgan fingerprint density at radius 2 is 1.79 bits per heavy atom. The number of carbonyl (C=O) groups is 3. The summed E-state index contributed by atoms with van der Waals surface area (Å²) in [7, 11) is -2.42. The van der Waals surface area contributed by atoms with Crippen molar-refractivity contribution in [1.82, 2.24) is 19.6 Å². The molecule has 2 fully saturated rings. The highest BCUT2D eigenvalue weighted by atomic mass is 32.2. The number of hydrogen-bond acceptors (Lipinski definition) is 8. The molecule has 1 aliphatic carbocycles. The molecule has 1 saturated heterocycles. The van der Waals surface area contributed by atoms with Crippen molar-refractivity contribution >= 4 is 27.8 Å². The fraction of sp³-hybridized carbons (Fsp3) is 0.760. The zero-order valence-corrected chi connectivity index (χ0v) is 24.1. The number of aromatic nitrogens is 2. The van der Waals surface area contributed by atoms with E-state index in [0.29, 0.717) is 18.4 Å². The lowest BCUT2D eigenvalue weighted by Gasteiger charge is -2.42. The fourth-order valence-corrected chi connectivity index (χ4v) is 8.21. The van der Waals surface area contributed by atoms with Crippen LogP contribution in [0.3, 0.4) is 0 Å². The Kier molecular flexibility index (Phi) is 6.46. The van der Waals surface area contributed by atoms with Crippen LogP contribution in [0.1, 0.15) is 87.8 Å². The Labute approximate surface area is 223 Å². The molecule has 2 aliphatic heterocycles. The smallest absolute Gasteiger partial charge is 0.412 e. The Balaban J connectivity index is 1.62. The second kappa shape index (κ2) is 8.67. The SMILES string of the molecule is Cn1nc(C(=O)O)c2c1C(=O)N(CC1(S(=O)(=O)C(C)(C)[C@H]3COC(C)(C)N3C(=O)OC(C)(C)C)CC1)CC2. The summed E-state index contributed by atoms with van der Waals surface area (Å²) >= 11 is 0. The van der Waals surface area contributed by atoms with Crippen molar-refractivity contribution < 1.29 is 37.4 Å². The summed E-state index contributed by atoms with van der Waals surface area (Å²) in [4.78, 5) is 41.0. The van der Waals surface area contributed by atoms with Crippen LogP contribution in [0, 0.1) is 0 Å². The van der Waals surface area contributed by atoms with Gasteiger partial charge in [-0.15, -0.1) is 0 Å². The molecule has 1 aromatic rings. The summed E-state index contributed by atoms with van der Waals surface area (Å²) < 4.78 is 38.8. The summed E-state index contributed by atoms with van der Waals surface area (Å²) in [5.74, 6) is -1.64. The summed E-state index contributed by atoms with van der Waals surface area (Å²) in [6.45, 7) is 12.0. The Morgan fingerprint density at radius 3 is 2.32 bits per heavy atom. The van der Waals surface area contributed by atoms with Gasteiger partial charge in [-0.05, 0) is 67.7 Å². The molecule has 1 saturated carbocycles. The molecule has 212 valence electrons. The first-order chi connectivity index (χ1) is 17.3. The van der Waals surface area contributed by atoms with Crippen LogP contribution in [0.4, 0.5) is 4.79 Å². The van der Waals surface area contributed by atoms with Gasteiger partial charge in [-0.1, -0.05) is 0 Å². The van der Waals surface area contributed by atoms with E-state index in [1.807, 2.05) is 0 Å². The molecule has 0 bridgehead atoms. The predicted molar refractivity (Wildman–Crippen MR) is 137 cm³/mol. The standard InChI is InChI=1S/C25H38N4O8S/c1-22(2,3)37-21(33)29-16(13-36-24(29,6)7)23(4,5)38(34,35)25(10-11-25)14-28-12-9-15-17(20(31)32)26-27(8)18(15)19(28)30/h16H,9-14H2,1-8H3,(H,31,32)/t16-/m1/s1. The first-order valence-corrected chi connectivity index (χ1v) is 14.2. The third-order valence-corrected chi connectivity index (χ3v) is 11.2. The molecule has 1 aromatic heterocycles. The molecule has 1 atom stereocenters. The molecule has 4 rings (SSSR count).